The van der Waals surface area contributed by atoms with Crippen LogP contribution in [0.3, 0.4) is 0 Å². The van der Waals surface area contributed by atoms with Crippen molar-refractivity contribution < 1.29 is 49.0 Å². The maximum absolute atomic E-state index is 16.5. The third-order valence-corrected chi connectivity index (χ3v) is 31.0. The number of fused-ring (bicyclic) bond motifs is 7. The molecule has 0 amide bonds. The Bertz CT molecular complexity index is 5660. The SMILES string of the molecule is Cc1sc(-c2ccccc2)cc1C1=C(c2cc(-c3ccc(OCc4cc(-c5ccc6c(c5)C(CCCCCC[N+](C)(C)C)(CCCCCC[N+](C)(C)C)c5ccccc5-6)sc4-c4ccc(-c5ccc(-c6ccc7c(c6)C(CCCCCC[N+](C)(C)C)(CCCCCC[N+](C)(C)C)c6ccccc6-7)s5)c5nsnc45)cc3)sc2C)C(F)(F)C(F)(F)C1(F)F. The Morgan fingerprint density at radius 3 is 1.14 bits per heavy atom. The molecule has 0 fully saturated rings. The number of allylic oxidation sites excluding steroid dienone is 2. The van der Waals surface area contributed by atoms with E-state index >= 15 is 26.3 Å². The minimum atomic E-state index is -5.69. The average molecular weight is 1750 g/mol. The van der Waals surface area contributed by atoms with Gasteiger partial charge in [0.15, 0.2) is 0 Å². The molecule has 7 nitrogen and oxygen atoms in total. The molecule has 5 aromatic heterocycles. The summed E-state index contributed by atoms with van der Waals surface area (Å²) in [4.78, 5) is 5.88. The highest BCUT2D eigenvalue weighted by molar-refractivity contribution is 7.19. The zero-order valence-electron chi connectivity index (χ0n) is 73.9. The number of halogens is 6. The monoisotopic (exact) mass is 1740 g/mol. The van der Waals surface area contributed by atoms with Gasteiger partial charge in [0.05, 0.1) is 122 Å². The summed E-state index contributed by atoms with van der Waals surface area (Å²) in [6.07, 6.45) is 23.7. The van der Waals surface area contributed by atoms with Crippen molar-refractivity contribution in [3.05, 3.63) is 231 Å². The first-order valence-electron chi connectivity index (χ1n) is 44.1. The highest BCUT2D eigenvalue weighted by Gasteiger charge is 2.80. The molecule has 122 heavy (non-hydrogen) atoms. The van der Waals surface area contributed by atoms with Crippen molar-refractivity contribution in [2.24, 2.45) is 0 Å². The van der Waals surface area contributed by atoms with Crippen LogP contribution in [0.5, 0.6) is 5.75 Å². The summed E-state index contributed by atoms with van der Waals surface area (Å²) >= 11 is 7.00. The van der Waals surface area contributed by atoms with E-state index in [4.69, 9.17) is 13.5 Å². The van der Waals surface area contributed by atoms with Crippen LogP contribution in [0.2, 0.25) is 0 Å². The number of nitrogens with zero attached hydrogens (tertiary/aromatic N) is 6. The molecular weight excluding hydrogens is 1620 g/mol. The minimum absolute atomic E-state index is 0.0689. The first-order chi connectivity index (χ1) is 58.0. The van der Waals surface area contributed by atoms with Gasteiger partial charge in [-0.15, -0.1) is 45.3 Å². The number of hydrogen-bond donors (Lipinski definition) is 0. The van der Waals surface area contributed by atoms with Gasteiger partial charge in [0.1, 0.15) is 23.4 Å². The van der Waals surface area contributed by atoms with Crippen LogP contribution in [-0.2, 0) is 17.4 Å². The molecule has 18 heteroatoms. The van der Waals surface area contributed by atoms with Crippen molar-refractivity contribution >= 4 is 79.3 Å². The lowest BCUT2D eigenvalue weighted by Gasteiger charge is -2.33. The summed E-state index contributed by atoms with van der Waals surface area (Å²) < 4.78 is 119. The van der Waals surface area contributed by atoms with Gasteiger partial charge < -0.3 is 22.7 Å². The normalized spacial score (nSPS) is 15.7. The van der Waals surface area contributed by atoms with E-state index in [2.05, 4.69) is 200 Å². The van der Waals surface area contributed by atoms with Gasteiger partial charge in [-0.25, -0.2) is 0 Å². The number of ether oxygens (including phenoxy) is 1. The number of unbranched alkanes of at least 4 members (excludes halogenated alkanes) is 12. The van der Waals surface area contributed by atoms with Gasteiger partial charge >= 0.3 is 17.8 Å². The van der Waals surface area contributed by atoms with Crippen LogP contribution in [0.15, 0.2) is 182 Å². The zero-order valence-corrected chi connectivity index (χ0v) is 78.0. The zero-order chi connectivity index (χ0) is 86.4. The molecule has 15 rings (SSSR count). The van der Waals surface area contributed by atoms with Crippen LogP contribution < -0.4 is 4.74 Å². The minimum Gasteiger partial charge on any atom is -0.489 e. The third-order valence-electron chi connectivity index (χ3n) is 25.8. The molecule has 0 aliphatic heterocycles. The van der Waals surface area contributed by atoms with E-state index in [0.717, 1.165) is 140 Å². The standard InChI is InChI=1S/C104H122F6N6OS5/c1-70-84(67-93(118-70)72-38-24-23-25-39-72)95-96(103(107,108)104(109,110)102(95,105)106)85-68-94(119-71(85)2)73-44-48-77(49-45-73)117-69-76-66-92(75-47-51-81-79-41-27-29-43-87(79)101(89(81)65-75,58-32-17-21-36-62-115(9,10)11)59-33-18-22-37-63-116(12,13)14)121-99(76)83-53-52-82(97-98(83)112-122-111-97)91-55-54-90(120-91)74-46-50-80-78-40-26-28-42-86(78)100(88(80)64-74,56-30-15-19-34-60-113(3,4)5)57-31-16-20-35-61-114(6,7)8/h23-29,38-55,64-68H,15-22,30-37,56-63,69H2,1-14H3/q+4. The molecule has 5 heterocycles. The first kappa shape index (κ1) is 89.0. The van der Waals surface area contributed by atoms with Crippen molar-refractivity contribution in [1.29, 1.82) is 0 Å². The lowest BCUT2D eigenvalue weighted by Crippen LogP contribution is -2.48. The molecule has 7 aromatic carbocycles. The Labute approximate surface area is 741 Å². The van der Waals surface area contributed by atoms with Crippen molar-refractivity contribution in [2.75, 3.05) is 111 Å². The fourth-order valence-corrected chi connectivity index (χ4v) is 24.3. The van der Waals surface area contributed by atoms with Crippen molar-refractivity contribution in [2.45, 2.75) is 177 Å². The fourth-order valence-electron chi connectivity index (χ4n) is 19.5. The molecule has 3 aliphatic rings. The van der Waals surface area contributed by atoms with Gasteiger partial charge in [-0.3, -0.25) is 0 Å². The Hall–Kier alpha value is -7.88. The third kappa shape index (κ3) is 18.6. The molecule has 0 N–H and O–H groups in total. The van der Waals surface area contributed by atoms with E-state index in [-0.39, 0.29) is 38.3 Å². The number of benzene rings is 7. The number of aromatic nitrogens is 2. The summed E-state index contributed by atoms with van der Waals surface area (Å²) in [7, 11) is 27.5. The van der Waals surface area contributed by atoms with Gasteiger partial charge in [-0.2, -0.15) is 35.1 Å². The van der Waals surface area contributed by atoms with Crippen molar-refractivity contribution in [3.8, 4) is 90.6 Å². The maximum atomic E-state index is 16.5. The average Bonchev–Trinajstić information content (AvgIpc) is 1.52. The summed E-state index contributed by atoms with van der Waals surface area (Å²) in [5.74, 6) is -15.5. The lowest BCUT2D eigenvalue weighted by molar-refractivity contribution is -0.870. The Morgan fingerprint density at radius 1 is 0.311 bits per heavy atom. The van der Waals surface area contributed by atoms with Crippen LogP contribution in [0.25, 0.3) is 107 Å². The molecule has 0 saturated heterocycles. The van der Waals surface area contributed by atoms with E-state index in [1.807, 2.05) is 23.5 Å². The van der Waals surface area contributed by atoms with E-state index in [1.54, 1.807) is 53.8 Å². The molecule has 0 spiro atoms. The molecule has 3 aliphatic carbocycles. The van der Waals surface area contributed by atoms with Crippen LogP contribution >= 0.6 is 57.1 Å². The van der Waals surface area contributed by atoms with Gasteiger partial charge in [-0.05, 0) is 236 Å². The smallest absolute Gasteiger partial charge is 0.380 e. The molecule has 642 valence electrons. The largest absolute Gasteiger partial charge is 0.489 e. The van der Waals surface area contributed by atoms with E-state index < -0.39 is 28.9 Å². The van der Waals surface area contributed by atoms with Crippen LogP contribution in [0.4, 0.5) is 26.3 Å². The Balaban J connectivity index is 0.770. The second-order valence-corrected chi connectivity index (χ2v) is 44.2. The first-order valence-corrected chi connectivity index (χ1v) is 48.1. The summed E-state index contributed by atoms with van der Waals surface area (Å²) in [5.41, 5.74) is 16.0. The molecule has 0 unspecified atom stereocenters. The molecule has 0 saturated carbocycles. The molecule has 12 aromatic rings. The molecule has 0 atom stereocenters. The highest BCUT2D eigenvalue weighted by atomic mass is 32.1. The number of aryl methyl sites for hydroxylation is 2. The van der Waals surface area contributed by atoms with Gasteiger partial charge in [0, 0.05) is 77.7 Å². The maximum Gasteiger partial charge on any atom is 0.380 e. The highest BCUT2D eigenvalue weighted by Crippen LogP contribution is 2.67. The van der Waals surface area contributed by atoms with E-state index in [1.165, 1.54) is 196 Å². The van der Waals surface area contributed by atoms with Crippen LogP contribution in [-0.4, -0.2) is 155 Å². The fraction of sp³-hybridized carbons (Fsp3) is 0.423. The number of alkyl halides is 6. The van der Waals surface area contributed by atoms with Crippen LogP contribution in [0.1, 0.15) is 177 Å². The molecular formula is C104H122F6N6OS5+4. The topological polar surface area (TPSA) is 35.0 Å². The number of hydrogen-bond acceptors (Lipinski definition) is 8. The number of quaternary nitrogens is 4. The van der Waals surface area contributed by atoms with Crippen LogP contribution in [0, 0.1) is 13.8 Å². The Morgan fingerprint density at radius 2 is 0.680 bits per heavy atom. The molecule has 0 bridgehead atoms. The van der Waals surface area contributed by atoms with E-state index in [9.17, 15) is 0 Å². The predicted molar refractivity (Wildman–Crippen MR) is 506 cm³/mol. The van der Waals surface area contributed by atoms with Gasteiger partial charge in [0.25, 0.3) is 0 Å². The summed E-state index contributed by atoms with van der Waals surface area (Å²) in [5, 5.41) is 0. The predicted octanol–water partition coefficient (Wildman–Crippen LogP) is 29.1. The summed E-state index contributed by atoms with van der Waals surface area (Å²) in [6, 6.07) is 63.2. The quantitative estimate of drug-likeness (QED) is 0.0219. The Kier molecular flexibility index (Phi) is 26.2. The van der Waals surface area contributed by atoms with Crippen molar-refractivity contribution in [1.82, 2.24) is 8.75 Å². The van der Waals surface area contributed by atoms with Gasteiger partial charge in [0.2, 0.25) is 0 Å². The number of rotatable bonds is 39. The second-order valence-electron chi connectivity index (χ2n) is 39.1. The number of thiophene rings is 4. The summed E-state index contributed by atoms with van der Waals surface area (Å²) in [6.45, 7) is 7.90. The van der Waals surface area contributed by atoms with Crippen molar-refractivity contribution in [3.63, 3.8) is 0 Å². The van der Waals surface area contributed by atoms with Gasteiger partial charge in [-0.1, -0.05) is 167 Å². The second kappa shape index (κ2) is 35.9. The molecule has 0 radical (unpaired) electrons. The van der Waals surface area contributed by atoms with E-state index in [0.29, 0.717) is 26.6 Å². The lowest BCUT2D eigenvalue weighted by atomic mass is 9.70.